The molecule has 2 atom stereocenters. The summed E-state index contributed by atoms with van der Waals surface area (Å²) in [5, 5.41) is 3.29. The van der Waals surface area contributed by atoms with Gasteiger partial charge in [-0.1, -0.05) is 0 Å². The maximum atomic E-state index is 12.1. The molecule has 2 rings (SSSR count). The van der Waals surface area contributed by atoms with E-state index in [0.717, 1.165) is 38.9 Å². The maximum absolute atomic E-state index is 12.1. The van der Waals surface area contributed by atoms with Crippen LogP contribution in [-0.2, 0) is 4.79 Å². The number of carbonyl (C=O) groups excluding carboxylic acids is 1. The molecular weight excluding hydrogens is 214 g/mol. The molecule has 2 aliphatic heterocycles. The fourth-order valence-electron chi connectivity index (χ4n) is 2.40. The highest BCUT2D eigenvalue weighted by molar-refractivity contribution is 5.86. The first-order valence-electron chi connectivity index (χ1n) is 5.42. The highest BCUT2D eigenvalue weighted by Gasteiger charge is 2.40. The number of hydrogen-bond donors (Lipinski definition) is 2. The molecule has 0 radical (unpaired) electrons. The second-order valence-corrected chi connectivity index (χ2v) is 4.66. The van der Waals surface area contributed by atoms with E-state index in [1.807, 2.05) is 11.8 Å². The molecule has 2 saturated heterocycles. The van der Waals surface area contributed by atoms with Crippen LogP contribution in [0.25, 0.3) is 0 Å². The topological polar surface area (TPSA) is 58.4 Å². The number of rotatable bonds is 1. The largest absolute Gasteiger partial charge is 0.339 e. The molecule has 2 unspecified atom stereocenters. The van der Waals surface area contributed by atoms with Crippen molar-refractivity contribution >= 4 is 18.3 Å². The molecule has 2 fully saturated rings. The summed E-state index contributed by atoms with van der Waals surface area (Å²) < 4.78 is 0. The van der Waals surface area contributed by atoms with Gasteiger partial charge in [0.05, 0.1) is 5.54 Å². The zero-order chi connectivity index (χ0) is 10.2. The van der Waals surface area contributed by atoms with Crippen molar-refractivity contribution in [3.63, 3.8) is 0 Å². The fraction of sp³-hybridized carbons (Fsp3) is 0.900. The van der Waals surface area contributed by atoms with Crippen LogP contribution in [0.5, 0.6) is 0 Å². The van der Waals surface area contributed by atoms with Crippen LogP contribution in [0.1, 0.15) is 26.2 Å². The molecule has 3 N–H and O–H groups in total. The molecule has 0 aromatic rings. The van der Waals surface area contributed by atoms with Gasteiger partial charge in [0, 0.05) is 19.1 Å². The van der Waals surface area contributed by atoms with Crippen molar-refractivity contribution in [3.05, 3.63) is 0 Å². The Morgan fingerprint density at radius 3 is 2.80 bits per heavy atom. The summed E-state index contributed by atoms with van der Waals surface area (Å²) in [4.78, 5) is 14.0. The highest BCUT2D eigenvalue weighted by atomic mass is 35.5. The molecule has 1 amide bonds. The summed E-state index contributed by atoms with van der Waals surface area (Å²) >= 11 is 0. The summed E-state index contributed by atoms with van der Waals surface area (Å²) in [5.74, 6) is 0.239. The summed E-state index contributed by atoms with van der Waals surface area (Å²) in [6, 6.07) is 0.184. The molecule has 0 bridgehead atoms. The Morgan fingerprint density at radius 1 is 1.60 bits per heavy atom. The number of nitrogens with two attached hydrogens (primary N) is 1. The summed E-state index contributed by atoms with van der Waals surface area (Å²) in [6.45, 7) is 4.53. The lowest BCUT2D eigenvalue weighted by atomic mass is 9.99. The van der Waals surface area contributed by atoms with Crippen LogP contribution < -0.4 is 11.1 Å². The number of halogens is 1. The Balaban J connectivity index is 0.00000112. The zero-order valence-corrected chi connectivity index (χ0v) is 9.98. The first kappa shape index (κ1) is 12.7. The van der Waals surface area contributed by atoms with Gasteiger partial charge in [0.2, 0.25) is 5.91 Å². The lowest BCUT2D eigenvalue weighted by molar-refractivity contribution is -0.136. The summed E-state index contributed by atoms with van der Waals surface area (Å²) in [7, 11) is 0. The minimum atomic E-state index is -0.315. The van der Waals surface area contributed by atoms with Gasteiger partial charge in [-0.15, -0.1) is 12.4 Å². The fourth-order valence-corrected chi connectivity index (χ4v) is 2.40. The molecule has 0 spiro atoms. The number of carbonyl (C=O) groups is 1. The van der Waals surface area contributed by atoms with Gasteiger partial charge >= 0.3 is 0 Å². The minimum absolute atomic E-state index is 0. The van der Waals surface area contributed by atoms with Crippen molar-refractivity contribution in [3.8, 4) is 0 Å². The number of likely N-dealkylation sites (tertiary alicyclic amines) is 1. The molecule has 0 aromatic carbocycles. The smallest absolute Gasteiger partial charge is 0.242 e. The summed E-state index contributed by atoms with van der Waals surface area (Å²) in [5.41, 5.74) is 5.48. The van der Waals surface area contributed by atoms with Crippen molar-refractivity contribution in [1.29, 1.82) is 0 Å². The lowest BCUT2D eigenvalue weighted by Gasteiger charge is -2.28. The molecule has 15 heavy (non-hydrogen) atoms. The first-order valence-corrected chi connectivity index (χ1v) is 5.42. The SMILES string of the molecule is CC1(C(=O)N2CCC(N)C2)CCCN1.Cl. The van der Waals surface area contributed by atoms with E-state index >= 15 is 0 Å². The van der Waals surface area contributed by atoms with Gasteiger partial charge in [0.25, 0.3) is 0 Å². The van der Waals surface area contributed by atoms with E-state index in [9.17, 15) is 4.79 Å². The van der Waals surface area contributed by atoms with E-state index in [-0.39, 0.29) is 29.9 Å². The van der Waals surface area contributed by atoms with Gasteiger partial charge in [-0.25, -0.2) is 0 Å². The average Bonchev–Trinajstić information content (AvgIpc) is 2.74. The normalized spacial score (nSPS) is 35.3. The highest BCUT2D eigenvalue weighted by Crippen LogP contribution is 2.23. The van der Waals surface area contributed by atoms with Gasteiger partial charge in [-0.05, 0) is 32.7 Å². The van der Waals surface area contributed by atoms with Gasteiger partial charge in [-0.2, -0.15) is 0 Å². The molecular formula is C10H20ClN3O. The Hall–Kier alpha value is -0.320. The maximum Gasteiger partial charge on any atom is 0.242 e. The summed E-state index contributed by atoms with van der Waals surface area (Å²) in [6.07, 6.45) is 3.00. The third-order valence-electron chi connectivity index (χ3n) is 3.35. The van der Waals surface area contributed by atoms with Crippen LogP contribution in [0.15, 0.2) is 0 Å². The molecule has 0 aliphatic carbocycles. The third-order valence-corrected chi connectivity index (χ3v) is 3.35. The van der Waals surface area contributed by atoms with Crippen LogP contribution in [0.3, 0.4) is 0 Å². The average molecular weight is 234 g/mol. The van der Waals surface area contributed by atoms with Crippen LogP contribution >= 0.6 is 12.4 Å². The second-order valence-electron chi connectivity index (χ2n) is 4.66. The van der Waals surface area contributed by atoms with E-state index < -0.39 is 0 Å². The molecule has 2 aliphatic rings. The second kappa shape index (κ2) is 4.68. The lowest BCUT2D eigenvalue weighted by Crippen LogP contribution is -2.52. The number of hydrogen-bond acceptors (Lipinski definition) is 3. The molecule has 0 aromatic heterocycles. The quantitative estimate of drug-likeness (QED) is 0.676. The zero-order valence-electron chi connectivity index (χ0n) is 9.16. The number of amides is 1. The molecule has 4 nitrogen and oxygen atoms in total. The Kier molecular flexibility index (Phi) is 3.98. The third kappa shape index (κ3) is 2.44. The van der Waals surface area contributed by atoms with Gasteiger partial charge in [0.1, 0.15) is 0 Å². The van der Waals surface area contributed by atoms with Crippen LogP contribution in [0.4, 0.5) is 0 Å². The number of nitrogens with zero attached hydrogens (tertiary/aromatic N) is 1. The van der Waals surface area contributed by atoms with Crippen molar-refractivity contribution in [2.24, 2.45) is 5.73 Å². The van der Waals surface area contributed by atoms with Gasteiger partial charge in [-0.3, -0.25) is 4.79 Å². The van der Waals surface area contributed by atoms with E-state index in [2.05, 4.69) is 5.32 Å². The van der Waals surface area contributed by atoms with E-state index in [0.29, 0.717) is 0 Å². The van der Waals surface area contributed by atoms with E-state index in [1.165, 1.54) is 0 Å². The Bertz CT molecular complexity index is 241. The predicted molar refractivity (Wildman–Crippen MR) is 62.1 cm³/mol. The van der Waals surface area contributed by atoms with E-state index in [1.54, 1.807) is 0 Å². The monoisotopic (exact) mass is 233 g/mol. The molecule has 88 valence electrons. The van der Waals surface area contributed by atoms with Crippen molar-refractivity contribution in [1.82, 2.24) is 10.2 Å². The standard InChI is InChI=1S/C10H19N3O.ClH/c1-10(4-2-5-12-10)9(14)13-6-3-8(11)7-13;/h8,12H,2-7,11H2,1H3;1H. The van der Waals surface area contributed by atoms with Crippen LogP contribution in [0, 0.1) is 0 Å². The molecule has 2 heterocycles. The van der Waals surface area contributed by atoms with Crippen LogP contribution in [-0.4, -0.2) is 42.0 Å². The van der Waals surface area contributed by atoms with Crippen molar-refractivity contribution in [2.75, 3.05) is 19.6 Å². The molecule has 0 saturated carbocycles. The van der Waals surface area contributed by atoms with Crippen molar-refractivity contribution < 1.29 is 4.79 Å². The Labute approximate surface area is 97.0 Å². The molecule has 5 heteroatoms. The van der Waals surface area contributed by atoms with E-state index in [4.69, 9.17) is 5.73 Å². The van der Waals surface area contributed by atoms with Crippen LogP contribution in [0.2, 0.25) is 0 Å². The first-order chi connectivity index (χ1) is 6.62. The predicted octanol–water partition coefficient (Wildman–Crippen LogP) is 0.110. The minimum Gasteiger partial charge on any atom is -0.339 e. The number of nitrogens with one attached hydrogen (secondary N) is 1. The van der Waals surface area contributed by atoms with Gasteiger partial charge < -0.3 is 16.0 Å². The van der Waals surface area contributed by atoms with Gasteiger partial charge in [0.15, 0.2) is 0 Å². The Morgan fingerprint density at radius 2 is 2.33 bits per heavy atom. The van der Waals surface area contributed by atoms with Crippen molar-refractivity contribution in [2.45, 2.75) is 37.8 Å².